The highest BCUT2D eigenvalue weighted by molar-refractivity contribution is 5.90. The van der Waals surface area contributed by atoms with Crippen LogP contribution in [-0.4, -0.2) is 25.2 Å². The average molecular weight is 327 g/mol. The zero-order valence-corrected chi connectivity index (χ0v) is 13.0. The van der Waals surface area contributed by atoms with Crippen molar-refractivity contribution in [1.29, 1.82) is 0 Å². The lowest BCUT2D eigenvalue weighted by atomic mass is 10.2. The molecule has 0 aromatic carbocycles. The van der Waals surface area contributed by atoms with E-state index < -0.39 is 5.76 Å². The van der Waals surface area contributed by atoms with Crippen molar-refractivity contribution in [3.63, 3.8) is 0 Å². The van der Waals surface area contributed by atoms with E-state index in [1.165, 1.54) is 17.4 Å². The minimum Gasteiger partial charge on any atom is -0.406 e. The summed E-state index contributed by atoms with van der Waals surface area (Å²) in [5.41, 5.74) is 0.730. The van der Waals surface area contributed by atoms with E-state index >= 15 is 0 Å². The lowest BCUT2D eigenvalue weighted by Crippen LogP contribution is -2.26. The first-order valence-corrected chi connectivity index (χ1v) is 8.00. The average Bonchev–Trinajstić information content (AvgIpc) is 3.28. The molecule has 1 fully saturated rings. The van der Waals surface area contributed by atoms with Crippen molar-refractivity contribution >= 4 is 23.0 Å². The van der Waals surface area contributed by atoms with Gasteiger partial charge < -0.3 is 9.73 Å². The number of carbonyl (C=O) groups excluding carboxylic acids is 1. The van der Waals surface area contributed by atoms with Crippen LogP contribution in [0.25, 0.3) is 11.2 Å². The first kappa shape index (κ1) is 14.7. The number of hydrogen-bond acceptors (Lipinski definition) is 5. The number of carbonyl (C=O) groups is 1. The summed E-state index contributed by atoms with van der Waals surface area (Å²) in [6.07, 6.45) is 7.73. The van der Waals surface area contributed by atoms with Crippen molar-refractivity contribution in [2.45, 2.75) is 38.3 Å². The van der Waals surface area contributed by atoms with E-state index in [-0.39, 0.29) is 12.5 Å². The number of pyridine rings is 1. The maximum atomic E-state index is 12.4. The van der Waals surface area contributed by atoms with Crippen LogP contribution in [0.1, 0.15) is 31.7 Å². The molecule has 0 atom stereocenters. The normalized spacial score (nSPS) is 15.2. The van der Waals surface area contributed by atoms with Gasteiger partial charge in [0, 0.05) is 12.3 Å². The van der Waals surface area contributed by atoms with Crippen LogP contribution in [0, 0.1) is 0 Å². The number of anilines is 1. The number of nitrogens with one attached hydrogen (secondary N) is 1. The lowest BCUT2D eigenvalue weighted by molar-refractivity contribution is -0.116. The Morgan fingerprint density at radius 3 is 2.96 bits per heavy atom. The van der Waals surface area contributed by atoms with Crippen LogP contribution in [0.5, 0.6) is 0 Å². The number of hydrogen-bond donors (Lipinski definition) is 1. The Morgan fingerprint density at radius 1 is 1.29 bits per heavy atom. The highest BCUT2D eigenvalue weighted by atomic mass is 16.4. The first-order valence-electron chi connectivity index (χ1n) is 8.00. The molecule has 8 heteroatoms. The molecule has 3 aromatic heterocycles. The van der Waals surface area contributed by atoms with Crippen molar-refractivity contribution in [3.05, 3.63) is 41.1 Å². The Kier molecular flexibility index (Phi) is 3.64. The van der Waals surface area contributed by atoms with E-state index in [9.17, 15) is 9.59 Å². The third-order valence-electron chi connectivity index (χ3n) is 4.33. The Labute approximate surface area is 137 Å². The molecule has 1 saturated carbocycles. The zero-order valence-electron chi connectivity index (χ0n) is 13.0. The molecule has 8 nitrogen and oxygen atoms in total. The third kappa shape index (κ3) is 2.60. The molecular weight excluding hydrogens is 310 g/mol. The molecule has 0 bridgehead atoms. The number of oxazole rings is 1. The third-order valence-corrected chi connectivity index (χ3v) is 4.33. The molecule has 1 amide bonds. The Hall–Kier alpha value is -2.90. The van der Waals surface area contributed by atoms with Crippen LogP contribution < -0.4 is 11.1 Å². The smallest absolute Gasteiger partial charge is 0.406 e. The van der Waals surface area contributed by atoms with Crippen LogP contribution in [-0.2, 0) is 11.3 Å². The number of aromatic nitrogens is 4. The summed E-state index contributed by atoms with van der Waals surface area (Å²) in [5, 5.41) is 7.15. The molecule has 0 spiro atoms. The molecule has 0 saturated heterocycles. The maximum absolute atomic E-state index is 12.4. The van der Waals surface area contributed by atoms with E-state index in [2.05, 4.69) is 15.4 Å². The Bertz CT molecular complexity index is 932. The summed E-state index contributed by atoms with van der Waals surface area (Å²) < 4.78 is 8.17. The summed E-state index contributed by atoms with van der Waals surface area (Å²) in [6.45, 7) is -0.154. The van der Waals surface area contributed by atoms with Gasteiger partial charge in [0.1, 0.15) is 12.4 Å². The number of fused-ring (bicyclic) bond motifs is 1. The monoisotopic (exact) mass is 327 g/mol. The van der Waals surface area contributed by atoms with Crippen molar-refractivity contribution in [2.24, 2.45) is 0 Å². The van der Waals surface area contributed by atoms with Crippen molar-refractivity contribution in [2.75, 3.05) is 5.32 Å². The fourth-order valence-corrected chi connectivity index (χ4v) is 3.22. The van der Waals surface area contributed by atoms with Gasteiger partial charge >= 0.3 is 5.76 Å². The molecule has 4 rings (SSSR count). The second kappa shape index (κ2) is 5.95. The van der Waals surface area contributed by atoms with Crippen LogP contribution >= 0.6 is 0 Å². The van der Waals surface area contributed by atoms with Gasteiger partial charge in [-0.3, -0.25) is 4.79 Å². The molecule has 124 valence electrons. The van der Waals surface area contributed by atoms with Gasteiger partial charge in [0.05, 0.1) is 12.2 Å². The maximum Gasteiger partial charge on any atom is 0.421 e. The molecule has 3 heterocycles. The molecule has 0 aliphatic heterocycles. The van der Waals surface area contributed by atoms with Crippen LogP contribution in [0.3, 0.4) is 0 Å². The number of nitrogens with zero attached hydrogens (tertiary/aromatic N) is 4. The van der Waals surface area contributed by atoms with E-state index in [0.29, 0.717) is 23.1 Å². The molecule has 0 radical (unpaired) electrons. The van der Waals surface area contributed by atoms with Gasteiger partial charge in [-0.15, -0.1) is 0 Å². The van der Waals surface area contributed by atoms with E-state index in [1.807, 2.05) is 4.68 Å². The second-order valence-corrected chi connectivity index (χ2v) is 5.93. The van der Waals surface area contributed by atoms with E-state index in [1.54, 1.807) is 30.6 Å². The summed E-state index contributed by atoms with van der Waals surface area (Å²) in [7, 11) is 0. The summed E-state index contributed by atoms with van der Waals surface area (Å²) in [5.74, 6) is -0.256. The molecule has 1 aliphatic carbocycles. The van der Waals surface area contributed by atoms with Crippen molar-refractivity contribution in [3.8, 4) is 0 Å². The molecular formula is C16H17N5O3. The van der Waals surface area contributed by atoms with Gasteiger partial charge in [-0.05, 0) is 25.0 Å². The molecule has 1 N–H and O–H groups in total. The SMILES string of the molecule is O=C(Cn1c(=O)oc2cccnc21)Nc1ccnn1C1CCCC1. The van der Waals surface area contributed by atoms with Gasteiger partial charge in [0.25, 0.3) is 0 Å². The zero-order chi connectivity index (χ0) is 16.5. The van der Waals surface area contributed by atoms with Crippen LogP contribution in [0.2, 0.25) is 0 Å². The molecule has 0 unspecified atom stereocenters. The minimum absolute atomic E-state index is 0.154. The quantitative estimate of drug-likeness (QED) is 0.790. The summed E-state index contributed by atoms with van der Waals surface area (Å²) in [6, 6.07) is 5.42. The highest BCUT2D eigenvalue weighted by Crippen LogP contribution is 2.31. The van der Waals surface area contributed by atoms with Gasteiger partial charge in [-0.1, -0.05) is 12.8 Å². The van der Waals surface area contributed by atoms with Gasteiger partial charge in [-0.2, -0.15) is 5.10 Å². The first-order chi connectivity index (χ1) is 11.7. The van der Waals surface area contributed by atoms with Crippen LogP contribution in [0.4, 0.5) is 5.82 Å². The number of rotatable bonds is 4. The minimum atomic E-state index is -0.594. The summed E-state index contributed by atoms with van der Waals surface area (Å²) in [4.78, 5) is 28.4. The standard InChI is InChI=1S/C16H17N5O3/c22-14(10-20-15-12(24-16(20)23)6-3-8-17-15)19-13-7-9-18-21(13)11-4-1-2-5-11/h3,6-9,11H,1-2,4-5,10H2,(H,19,22). The largest absolute Gasteiger partial charge is 0.421 e. The molecule has 1 aliphatic rings. The Morgan fingerprint density at radius 2 is 2.12 bits per heavy atom. The fourth-order valence-electron chi connectivity index (χ4n) is 3.22. The van der Waals surface area contributed by atoms with Gasteiger partial charge in [-0.25, -0.2) is 19.0 Å². The highest BCUT2D eigenvalue weighted by Gasteiger charge is 2.21. The molecule has 3 aromatic rings. The van der Waals surface area contributed by atoms with Crippen molar-refractivity contribution in [1.82, 2.24) is 19.3 Å². The fraction of sp³-hybridized carbons (Fsp3) is 0.375. The van der Waals surface area contributed by atoms with E-state index in [0.717, 1.165) is 12.8 Å². The molecule has 24 heavy (non-hydrogen) atoms. The predicted octanol–water partition coefficient (Wildman–Crippen LogP) is 1.94. The van der Waals surface area contributed by atoms with Crippen LogP contribution in [0.15, 0.2) is 39.8 Å². The second-order valence-electron chi connectivity index (χ2n) is 5.93. The van der Waals surface area contributed by atoms with Crippen molar-refractivity contribution < 1.29 is 9.21 Å². The summed E-state index contributed by atoms with van der Waals surface area (Å²) >= 11 is 0. The lowest BCUT2D eigenvalue weighted by Gasteiger charge is -2.14. The van der Waals surface area contributed by atoms with Gasteiger partial charge in [0.2, 0.25) is 5.91 Å². The Balaban J connectivity index is 1.54. The number of amides is 1. The topological polar surface area (TPSA) is 94.9 Å². The predicted molar refractivity (Wildman–Crippen MR) is 86.6 cm³/mol. The van der Waals surface area contributed by atoms with Gasteiger partial charge in [0.15, 0.2) is 11.2 Å². The van der Waals surface area contributed by atoms with E-state index in [4.69, 9.17) is 4.42 Å².